The average Bonchev–Trinajstić information content (AvgIpc) is 2.83. The summed E-state index contributed by atoms with van der Waals surface area (Å²) >= 11 is 0. The minimum absolute atomic E-state index is 0.130. The maximum absolute atomic E-state index is 11.1. The summed E-state index contributed by atoms with van der Waals surface area (Å²) in [5.41, 5.74) is 0.130. The van der Waals surface area contributed by atoms with Crippen LogP contribution >= 0.6 is 0 Å². The van der Waals surface area contributed by atoms with Gasteiger partial charge in [0.15, 0.2) is 0 Å². The zero-order valence-corrected chi connectivity index (χ0v) is 10.9. The SMILES string of the molecule is CC(C)(CCNC1CC1)CCS(C)(=O)=O. The Kier molecular flexibility index (Phi) is 4.18. The molecule has 0 heterocycles. The smallest absolute Gasteiger partial charge is 0.147 e. The van der Waals surface area contributed by atoms with Crippen LogP contribution in [0.25, 0.3) is 0 Å². The third-order valence-electron chi connectivity index (χ3n) is 2.96. The van der Waals surface area contributed by atoms with E-state index in [4.69, 9.17) is 0 Å². The summed E-state index contributed by atoms with van der Waals surface area (Å²) in [6, 6.07) is 0.746. The van der Waals surface area contributed by atoms with Crippen molar-refractivity contribution in [3.63, 3.8) is 0 Å². The molecule has 0 aliphatic heterocycles. The fraction of sp³-hybridized carbons (Fsp3) is 1.00. The van der Waals surface area contributed by atoms with Crippen LogP contribution in [0.1, 0.15) is 39.5 Å². The molecule has 1 saturated carbocycles. The van der Waals surface area contributed by atoms with E-state index in [9.17, 15) is 8.42 Å². The Morgan fingerprint density at radius 3 is 2.33 bits per heavy atom. The van der Waals surface area contributed by atoms with Crippen LogP contribution < -0.4 is 5.32 Å². The van der Waals surface area contributed by atoms with E-state index < -0.39 is 9.84 Å². The van der Waals surface area contributed by atoms with Gasteiger partial charge in [-0.15, -0.1) is 0 Å². The van der Waals surface area contributed by atoms with Crippen molar-refractivity contribution in [1.82, 2.24) is 5.32 Å². The molecule has 1 aliphatic rings. The molecule has 0 unspecified atom stereocenters. The molecule has 3 nitrogen and oxygen atoms in total. The summed E-state index contributed by atoms with van der Waals surface area (Å²) in [4.78, 5) is 0. The van der Waals surface area contributed by atoms with Gasteiger partial charge in [0.25, 0.3) is 0 Å². The van der Waals surface area contributed by atoms with Crippen LogP contribution in [0.3, 0.4) is 0 Å². The Morgan fingerprint density at radius 1 is 1.27 bits per heavy atom. The Labute approximate surface area is 93.6 Å². The van der Waals surface area contributed by atoms with Crippen LogP contribution in [0.5, 0.6) is 0 Å². The first-order chi connectivity index (χ1) is 6.79. The van der Waals surface area contributed by atoms with Gasteiger partial charge in [0, 0.05) is 12.3 Å². The van der Waals surface area contributed by atoms with Crippen LogP contribution in [0, 0.1) is 5.41 Å². The molecule has 0 aromatic heterocycles. The molecule has 0 atom stereocenters. The van der Waals surface area contributed by atoms with Crippen molar-refractivity contribution in [3.05, 3.63) is 0 Å². The van der Waals surface area contributed by atoms with Gasteiger partial charge in [-0.3, -0.25) is 0 Å². The van der Waals surface area contributed by atoms with Gasteiger partial charge in [0.05, 0.1) is 5.75 Å². The molecule has 0 saturated heterocycles. The molecule has 4 heteroatoms. The zero-order chi connectivity index (χ0) is 11.5. The maximum Gasteiger partial charge on any atom is 0.147 e. The van der Waals surface area contributed by atoms with Gasteiger partial charge in [0.2, 0.25) is 0 Å². The Bertz CT molecular complexity index is 292. The summed E-state index contributed by atoms with van der Waals surface area (Å²) < 4.78 is 22.1. The number of nitrogens with one attached hydrogen (secondary N) is 1. The Balaban J connectivity index is 2.17. The molecule has 1 aliphatic carbocycles. The lowest BCUT2D eigenvalue weighted by Gasteiger charge is -2.24. The van der Waals surface area contributed by atoms with Crippen molar-refractivity contribution in [2.24, 2.45) is 5.41 Å². The number of hydrogen-bond acceptors (Lipinski definition) is 3. The lowest BCUT2D eigenvalue weighted by molar-refractivity contribution is 0.316. The molecule has 0 amide bonds. The van der Waals surface area contributed by atoms with Gasteiger partial charge < -0.3 is 5.32 Å². The number of hydrogen-bond donors (Lipinski definition) is 1. The van der Waals surface area contributed by atoms with Crippen LogP contribution in [0.4, 0.5) is 0 Å². The summed E-state index contributed by atoms with van der Waals surface area (Å²) in [5, 5.41) is 3.46. The van der Waals surface area contributed by atoms with E-state index in [-0.39, 0.29) is 5.41 Å². The van der Waals surface area contributed by atoms with Gasteiger partial charge in [0.1, 0.15) is 9.84 Å². The molecular weight excluding hydrogens is 210 g/mol. The summed E-state index contributed by atoms with van der Waals surface area (Å²) in [6.07, 6.45) is 5.75. The topological polar surface area (TPSA) is 46.2 Å². The van der Waals surface area contributed by atoms with Crippen LogP contribution in [-0.4, -0.2) is 33.0 Å². The predicted octanol–water partition coefficient (Wildman–Crippen LogP) is 1.59. The van der Waals surface area contributed by atoms with E-state index in [2.05, 4.69) is 19.2 Å². The third kappa shape index (κ3) is 6.90. The van der Waals surface area contributed by atoms with Gasteiger partial charge >= 0.3 is 0 Å². The minimum Gasteiger partial charge on any atom is -0.314 e. The van der Waals surface area contributed by atoms with Crippen molar-refractivity contribution >= 4 is 9.84 Å². The van der Waals surface area contributed by atoms with Crippen molar-refractivity contribution in [2.45, 2.75) is 45.6 Å². The van der Waals surface area contributed by atoms with E-state index in [1.165, 1.54) is 19.1 Å². The fourth-order valence-corrected chi connectivity index (χ4v) is 2.41. The van der Waals surface area contributed by atoms with Crippen molar-refractivity contribution in [1.29, 1.82) is 0 Å². The molecule has 0 spiro atoms. The first kappa shape index (κ1) is 13.0. The normalized spacial score (nSPS) is 18.1. The zero-order valence-electron chi connectivity index (χ0n) is 10.0. The van der Waals surface area contributed by atoms with E-state index in [1.54, 1.807) is 0 Å². The van der Waals surface area contributed by atoms with E-state index in [0.717, 1.165) is 25.4 Å². The predicted molar refractivity (Wildman–Crippen MR) is 63.8 cm³/mol. The standard InChI is InChI=1S/C11H23NO2S/c1-11(2,7-9-15(3,13)14)6-8-12-10-4-5-10/h10,12H,4-9H2,1-3H3. The molecule has 0 aromatic rings. The Morgan fingerprint density at radius 2 is 1.87 bits per heavy atom. The second kappa shape index (κ2) is 4.83. The molecule has 90 valence electrons. The summed E-state index contributed by atoms with van der Waals surface area (Å²) in [5.74, 6) is 0.309. The van der Waals surface area contributed by atoms with E-state index in [1.807, 2.05) is 0 Å². The molecule has 0 aromatic carbocycles. The largest absolute Gasteiger partial charge is 0.314 e. The Hall–Kier alpha value is -0.0900. The highest BCUT2D eigenvalue weighted by atomic mass is 32.2. The van der Waals surface area contributed by atoms with Crippen LogP contribution in [0.2, 0.25) is 0 Å². The molecule has 0 radical (unpaired) electrons. The summed E-state index contributed by atoms with van der Waals surface area (Å²) in [7, 11) is -2.81. The highest BCUT2D eigenvalue weighted by molar-refractivity contribution is 7.90. The molecule has 1 rings (SSSR count). The van der Waals surface area contributed by atoms with Crippen molar-refractivity contribution in [2.75, 3.05) is 18.6 Å². The van der Waals surface area contributed by atoms with Crippen LogP contribution in [0.15, 0.2) is 0 Å². The van der Waals surface area contributed by atoms with Crippen molar-refractivity contribution < 1.29 is 8.42 Å². The quantitative estimate of drug-likeness (QED) is 0.726. The minimum atomic E-state index is -2.81. The lowest BCUT2D eigenvalue weighted by Crippen LogP contribution is -2.25. The molecule has 1 N–H and O–H groups in total. The second-order valence-corrected chi connectivity index (χ2v) is 7.78. The molecule has 0 bridgehead atoms. The first-order valence-corrected chi connectivity index (χ1v) is 7.76. The average molecular weight is 233 g/mol. The van der Waals surface area contributed by atoms with Crippen molar-refractivity contribution in [3.8, 4) is 0 Å². The molecular formula is C11H23NO2S. The lowest BCUT2D eigenvalue weighted by atomic mass is 9.86. The maximum atomic E-state index is 11.1. The van der Waals surface area contributed by atoms with E-state index in [0.29, 0.717) is 5.75 Å². The summed E-state index contributed by atoms with van der Waals surface area (Å²) in [6.45, 7) is 5.31. The van der Waals surface area contributed by atoms with E-state index >= 15 is 0 Å². The second-order valence-electron chi connectivity index (χ2n) is 5.52. The monoisotopic (exact) mass is 233 g/mol. The van der Waals surface area contributed by atoms with Crippen LogP contribution in [-0.2, 0) is 9.84 Å². The molecule has 1 fully saturated rings. The van der Waals surface area contributed by atoms with Gasteiger partial charge in [-0.2, -0.15) is 0 Å². The third-order valence-corrected chi connectivity index (χ3v) is 3.91. The van der Waals surface area contributed by atoms with Gasteiger partial charge in [-0.05, 0) is 37.6 Å². The van der Waals surface area contributed by atoms with Gasteiger partial charge in [-0.1, -0.05) is 13.8 Å². The number of sulfone groups is 1. The molecule has 15 heavy (non-hydrogen) atoms. The number of rotatable bonds is 7. The highest BCUT2D eigenvalue weighted by Gasteiger charge is 2.23. The first-order valence-electron chi connectivity index (χ1n) is 5.70. The fourth-order valence-electron chi connectivity index (χ4n) is 1.49. The van der Waals surface area contributed by atoms with Gasteiger partial charge in [-0.25, -0.2) is 8.42 Å². The highest BCUT2D eigenvalue weighted by Crippen LogP contribution is 2.26.